The van der Waals surface area contributed by atoms with Gasteiger partial charge in [-0.15, -0.1) is 0 Å². The lowest BCUT2D eigenvalue weighted by molar-refractivity contribution is -0.141. The number of aldehydes is 1. The molecular weight excluding hydrogens is 1490 g/mol. The molecule has 0 saturated carbocycles. The zero-order valence-electron chi connectivity index (χ0n) is 66.9. The highest BCUT2D eigenvalue weighted by atomic mass is 16.6. The van der Waals surface area contributed by atoms with E-state index in [1.54, 1.807) is 22.7 Å². The van der Waals surface area contributed by atoms with Gasteiger partial charge in [0, 0.05) is 141 Å². The van der Waals surface area contributed by atoms with Gasteiger partial charge in [0.05, 0.1) is 90.4 Å². The van der Waals surface area contributed by atoms with Gasteiger partial charge < -0.3 is 62.6 Å². The molecule has 0 spiro atoms. The predicted molar refractivity (Wildman–Crippen MR) is 450 cm³/mol. The van der Waals surface area contributed by atoms with Crippen LogP contribution < -0.4 is 5.43 Å². The maximum absolute atomic E-state index is 13.0. The van der Waals surface area contributed by atoms with Gasteiger partial charge in [-0.3, -0.25) is 34.2 Å². The lowest BCUT2D eigenvalue weighted by atomic mass is 9.98. The average Bonchev–Trinajstić information content (AvgIpc) is 1.58. The van der Waals surface area contributed by atoms with Crippen LogP contribution in [0.2, 0.25) is 0 Å². The standard InChI is InChI=1S/C29H29N3O4.C23H27N3O3.C14H19N3O2.C13H15NO3.C12H11NO3/c1-30(18-21-17-20-9-3-8-14-27(20)32(21)16-15-28(33)34)31(2)29(35)36-19-26-24-12-6-4-10-22(24)23-11-5-7-13-25(23)26;1-24-14-20-23(18-10-6-7-11-19(18)26(20)13-12-22(27)28)21(25(24)2)16-29-15-17-8-4-3-5-9-17;1-15-16(2)10-12-9-11-5-3-4-6-13(11)17(12)8-7-14(18)19;1-17-13(16)6-7-14-11(9-15)8-10-4-2-3-5-12(10)14;14-8-10-7-9-3-1-2-4-11(9)13(10)6-5-12(15)16/h3-14,17,26H,15-16,18-19H2,1-2H3,(H,33,34);3-11,21H,12-16H2,1-2H3,(H,27,28);3-6,9,15H,7-8,10H2,1-2H3,(H,18,19);2-5,8,15H,6-7,9H2,1H3;1-4,7-8H,5-6H2,(H,15,16). The molecule has 6 heterocycles. The Kier molecular flexibility index (Phi) is 29.7. The van der Waals surface area contributed by atoms with Crippen molar-refractivity contribution in [3.8, 4) is 11.1 Å². The monoisotopic (exact) mass is 1590 g/mol. The number of carboxylic acid groups (broad SMARTS) is 4. The number of likely N-dealkylation sites (N-methyl/N-ethyl adjacent to an activating group) is 1. The first-order valence-corrected chi connectivity index (χ1v) is 38.7. The molecule has 26 nitrogen and oxygen atoms in total. The van der Waals surface area contributed by atoms with Gasteiger partial charge in [-0.1, -0.05) is 170 Å². The summed E-state index contributed by atoms with van der Waals surface area (Å²) in [5.41, 5.74) is 19.8. The quantitative estimate of drug-likeness (QED) is 0.0144. The number of para-hydroxylation sites is 5. The van der Waals surface area contributed by atoms with E-state index >= 15 is 0 Å². The largest absolute Gasteiger partial charge is 0.481 e. The molecule has 26 heteroatoms. The summed E-state index contributed by atoms with van der Waals surface area (Å²) in [6.07, 6.45) is 0.906. The average molecular weight is 1590 g/mol. The summed E-state index contributed by atoms with van der Waals surface area (Å²) in [7, 11) is 12.9. The Balaban J connectivity index is 0.000000149. The van der Waals surface area contributed by atoms with Crippen LogP contribution in [0.3, 0.4) is 0 Å². The molecule has 1 aliphatic carbocycles. The zero-order chi connectivity index (χ0) is 83.2. The number of esters is 1. The molecule has 2 aliphatic rings. The fourth-order valence-corrected chi connectivity index (χ4v) is 15.2. The number of aryl methyl sites for hydroxylation is 5. The van der Waals surface area contributed by atoms with Crippen LogP contribution in [0.1, 0.15) is 99.6 Å². The van der Waals surface area contributed by atoms with Crippen LogP contribution in [0.5, 0.6) is 0 Å². The Bertz CT molecular complexity index is 5560. The number of carbonyl (C=O) groups is 7. The van der Waals surface area contributed by atoms with E-state index in [4.69, 9.17) is 19.7 Å². The molecule has 5 aromatic heterocycles. The Morgan fingerprint density at radius 3 is 1.43 bits per heavy atom. The van der Waals surface area contributed by atoms with Crippen LogP contribution in [0.25, 0.3) is 65.6 Å². The van der Waals surface area contributed by atoms with Crippen LogP contribution in [0.4, 0.5) is 4.79 Å². The fourth-order valence-electron chi connectivity index (χ4n) is 15.2. The first kappa shape index (κ1) is 85.4. The van der Waals surface area contributed by atoms with Crippen molar-refractivity contribution in [3.63, 3.8) is 0 Å². The summed E-state index contributed by atoms with van der Waals surface area (Å²) in [6, 6.07) is 74.2. The number of nitrogens with zero attached hydrogens (tertiary/aromatic N) is 10. The number of aromatic nitrogens is 5. The van der Waals surface area contributed by atoms with Crippen molar-refractivity contribution in [2.75, 3.05) is 62.6 Å². The Morgan fingerprint density at radius 2 is 0.923 bits per heavy atom. The van der Waals surface area contributed by atoms with Crippen LogP contribution >= 0.6 is 0 Å². The summed E-state index contributed by atoms with van der Waals surface area (Å²) in [6.45, 7) is 5.43. The molecule has 15 rings (SSSR count). The second-order valence-electron chi connectivity index (χ2n) is 28.7. The Morgan fingerprint density at radius 1 is 0.496 bits per heavy atom. The zero-order valence-corrected chi connectivity index (χ0v) is 66.9. The van der Waals surface area contributed by atoms with Gasteiger partial charge in [0.25, 0.3) is 0 Å². The van der Waals surface area contributed by atoms with E-state index in [0.717, 1.165) is 91.1 Å². The molecule has 1 amide bonds. The van der Waals surface area contributed by atoms with Crippen LogP contribution in [0, 0.1) is 0 Å². The van der Waals surface area contributed by atoms with Crippen molar-refractivity contribution in [3.05, 3.63) is 275 Å². The van der Waals surface area contributed by atoms with E-state index in [1.807, 2.05) is 193 Å². The van der Waals surface area contributed by atoms with E-state index in [2.05, 4.69) is 104 Å². The number of methoxy groups -OCH3 is 1. The molecule has 1 unspecified atom stereocenters. The van der Waals surface area contributed by atoms with Gasteiger partial charge in [0.15, 0.2) is 6.29 Å². The minimum Gasteiger partial charge on any atom is -0.481 e. The maximum Gasteiger partial charge on any atom is 0.424 e. The minimum absolute atomic E-state index is 0.00129. The Labute approximate surface area is 678 Å². The normalized spacial score (nSPS) is 13.0. The van der Waals surface area contributed by atoms with Gasteiger partial charge >= 0.3 is 35.9 Å². The highest BCUT2D eigenvalue weighted by molar-refractivity contribution is 5.90. The number of hydrazine groups is 3. The molecule has 1 atom stereocenters. The highest BCUT2D eigenvalue weighted by Gasteiger charge is 2.35. The van der Waals surface area contributed by atoms with Gasteiger partial charge in [0.2, 0.25) is 0 Å². The molecule has 610 valence electrons. The Hall–Kier alpha value is -12.5. The number of benzene rings is 8. The molecule has 0 radical (unpaired) electrons. The van der Waals surface area contributed by atoms with Crippen molar-refractivity contribution in [2.24, 2.45) is 0 Å². The SMILES string of the molecule is CN(Cc1cc2ccccc2n1CCC(=O)O)N(C)C(=O)OCC1c2ccccc2-c2ccccc21.CN1Cc2c(c3ccccc3n2CCC(=O)O)C(COCc2ccccc2)N1C.CNN(C)Cc1cc2ccccc2n1CCC(=O)O.COC(=O)CCn1c(CO)cc2ccccc21.O=Cc1cc2ccccc2n1CCC(=O)O. The predicted octanol–water partition coefficient (Wildman–Crippen LogP) is 14.3. The van der Waals surface area contributed by atoms with Crippen molar-refractivity contribution >= 4 is 96.7 Å². The van der Waals surface area contributed by atoms with E-state index in [-0.39, 0.29) is 56.8 Å². The molecule has 6 N–H and O–H groups in total. The number of carboxylic acids is 4. The molecule has 13 aromatic rings. The second-order valence-corrected chi connectivity index (χ2v) is 28.7. The fraction of sp³-hybridized carbons (Fsp3) is 0.286. The molecule has 0 bridgehead atoms. The van der Waals surface area contributed by atoms with Crippen LogP contribution in [0.15, 0.2) is 224 Å². The van der Waals surface area contributed by atoms with E-state index in [1.165, 1.54) is 51.0 Å². The number of ether oxygens (including phenoxy) is 3. The lowest BCUT2D eigenvalue weighted by Crippen LogP contribution is -2.45. The number of aliphatic hydroxyl groups is 1. The summed E-state index contributed by atoms with van der Waals surface area (Å²) in [4.78, 5) is 78.7. The van der Waals surface area contributed by atoms with Crippen LogP contribution in [-0.4, -0.2) is 178 Å². The number of rotatable bonds is 29. The smallest absolute Gasteiger partial charge is 0.424 e. The summed E-state index contributed by atoms with van der Waals surface area (Å²) in [5, 5.41) is 60.2. The third-order valence-corrected chi connectivity index (χ3v) is 21.3. The number of aliphatic hydroxyl groups excluding tert-OH is 1. The summed E-state index contributed by atoms with van der Waals surface area (Å²) < 4.78 is 26.5. The number of carbonyl (C=O) groups excluding carboxylic acids is 3. The first-order chi connectivity index (χ1) is 56.6. The third kappa shape index (κ3) is 21.1. The van der Waals surface area contributed by atoms with E-state index in [0.29, 0.717) is 64.6 Å². The maximum atomic E-state index is 13.0. The van der Waals surface area contributed by atoms with Gasteiger partial charge in [0.1, 0.15) is 6.61 Å². The second kappa shape index (κ2) is 40.7. The van der Waals surface area contributed by atoms with E-state index < -0.39 is 30.0 Å². The highest BCUT2D eigenvalue weighted by Crippen LogP contribution is 2.45. The number of nitrogens with one attached hydrogen (secondary N) is 1. The number of aliphatic carboxylic acids is 4. The third-order valence-electron chi connectivity index (χ3n) is 21.3. The molecule has 1 aliphatic heterocycles. The van der Waals surface area contributed by atoms with Crippen molar-refractivity contribution in [1.29, 1.82) is 0 Å². The first-order valence-electron chi connectivity index (χ1n) is 38.7. The number of amides is 1. The summed E-state index contributed by atoms with van der Waals surface area (Å²) >= 11 is 0. The van der Waals surface area contributed by atoms with Crippen molar-refractivity contribution < 1.29 is 73.3 Å². The molecule has 0 fully saturated rings. The topological polar surface area (TPSA) is 301 Å². The summed E-state index contributed by atoms with van der Waals surface area (Å²) in [5.74, 6) is -3.51. The van der Waals surface area contributed by atoms with Crippen molar-refractivity contribution in [2.45, 2.75) is 110 Å². The minimum atomic E-state index is -0.866. The van der Waals surface area contributed by atoms with Gasteiger partial charge in [-0.2, -0.15) is 0 Å². The lowest BCUT2D eigenvalue weighted by Gasteiger charge is -2.40. The van der Waals surface area contributed by atoms with Gasteiger partial charge in [-0.05, 0) is 106 Å². The van der Waals surface area contributed by atoms with Gasteiger partial charge in [-0.25, -0.2) is 29.8 Å². The number of hydrogen-bond acceptors (Lipinski definition) is 16. The molecule has 0 saturated heterocycles. The molecule has 8 aromatic carbocycles. The van der Waals surface area contributed by atoms with E-state index in [9.17, 15) is 48.9 Å². The number of hydrogen-bond donors (Lipinski definition) is 6. The molecule has 117 heavy (non-hydrogen) atoms. The van der Waals surface area contributed by atoms with Crippen molar-refractivity contribution in [1.82, 2.24) is 53.3 Å². The molecular formula is C91H101N11O15. The number of fused-ring (bicyclic) bond motifs is 10. The van der Waals surface area contributed by atoms with Crippen LogP contribution in [-0.2, 0) is 104 Å².